The van der Waals surface area contributed by atoms with Crippen molar-refractivity contribution in [2.45, 2.75) is 57.0 Å². The van der Waals surface area contributed by atoms with E-state index >= 15 is 0 Å². The Labute approximate surface area is 224 Å². The molecule has 0 spiro atoms. The third kappa shape index (κ3) is 6.31. The van der Waals surface area contributed by atoms with Crippen LogP contribution < -0.4 is 20.5 Å². The third-order valence-corrected chi connectivity index (χ3v) is 6.42. The van der Waals surface area contributed by atoms with Crippen LogP contribution in [0.3, 0.4) is 0 Å². The number of pyridine rings is 2. The van der Waals surface area contributed by atoms with Gasteiger partial charge in [0.2, 0.25) is 5.60 Å². The first-order chi connectivity index (χ1) is 18.2. The monoisotopic (exact) mass is 544 g/mol. The topological polar surface area (TPSA) is 120 Å². The molecule has 0 radical (unpaired) electrons. The van der Waals surface area contributed by atoms with Gasteiger partial charge in [-0.3, -0.25) is 9.78 Å². The number of nitrogens with zero attached hydrogens (tertiary/aromatic N) is 2. The van der Waals surface area contributed by atoms with Gasteiger partial charge in [-0.2, -0.15) is 13.2 Å². The molecule has 1 aromatic carbocycles. The Hall–Kier alpha value is -3.70. The van der Waals surface area contributed by atoms with Crippen molar-refractivity contribution < 1.29 is 32.5 Å². The molecular formula is C28H31F3N4O4. The van der Waals surface area contributed by atoms with Crippen molar-refractivity contribution in [3.8, 4) is 22.8 Å². The number of halogens is 3. The van der Waals surface area contributed by atoms with Crippen LogP contribution in [0.15, 0.2) is 48.7 Å². The van der Waals surface area contributed by atoms with Crippen LogP contribution >= 0.6 is 0 Å². The number of nitrogens with two attached hydrogens (primary N) is 1. The Morgan fingerprint density at radius 3 is 2.41 bits per heavy atom. The molecule has 208 valence electrons. The lowest BCUT2D eigenvalue weighted by Gasteiger charge is -2.32. The van der Waals surface area contributed by atoms with E-state index in [1.54, 1.807) is 39.0 Å². The summed E-state index contributed by atoms with van der Waals surface area (Å²) in [5, 5.41) is 13.3. The Morgan fingerprint density at radius 1 is 1.13 bits per heavy atom. The second kappa shape index (κ2) is 10.5. The minimum absolute atomic E-state index is 0.0377. The molecule has 8 nitrogen and oxygen atoms in total. The predicted molar refractivity (Wildman–Crippen MR) is 138 cm³/mol. The van der Waals surface area contributed by atoms with Crippen LogP contribution in [0, 0.1) is 6.92 Å². The lowest BCUT2D eigenvalue weighted by Crippen LogP contribution is -2.51. The molecule has 0 saturated heterocycles. The summed E-state index contributed by atoms with van der Waals surface area (Å²) in [4.78, 5) is 21.2. The average Bonchev–Trinajstić information content (AvgIpc) is 3.70. The number of aromatic nitrogens is 2. The van der Waals surface area contributed by atoms with Gasteiger partial charge in [-0.05, 0) is 81.6 Å². The molecule has 1 unspecified atom stereocenters. The lowest BCUT2D eigenvalue weighted by molar-refractivity contribution is -0.265. The van der Waals surface area contributed by atoms with Crippen LogP contribution in [-0.4, -0.2) is 46.9 Å². The van der Waals surface area contributed by atoms with E-state index in [0.717, 1.165) is 18.9 Å². The van der Waals surface area contributed by atoms with Crippen molar-refractivity contribution in [1.29, 1.82) is 0 Å². The highest BCUT2D eigenvalue weighted by molar-refractivity contribution is 5.95. The van der Waals surface area contributed by atoms with Gasteiger partial charge in [-0.15, -0.1) is 0 Å². The molecule has 4 N–H and O–H groups in total. The molecular weight excluding hydrogens is 513 g/mol. The highest BCUT2D eigenvalue weighted by Crippen LogP contribution is 2.40. The van der Waals surface area contributed by atoms with Gasteiger partial charge in [0.25, 0.3) is 5.91 Å². The maximum absolute atomic E-state index is 14.4. The minimum Gasteiger partial charge on any atom is -0.493 e. The Morgan fingerprint density at radius 2 is 1.85 bits per heavy atom. The van der Waals surface area contributed by atoms with E-state index in [0.29, 0.717) is 22.6 Å². The van der Waals surface area contributed by atoms with Crippen LogP contribution in [0.1, 0.15) is 54.0 Å². The molecule has 1 fully saturated rings. The van der Waals surface area contributed by atoms with Gasteiger partial charge >= 0.3 is 6.18 Å². The number of carbonyl (C=O) groups excluding carboxylic acids is 1. The Kier molecular flexibility index (Phi) is 7.59. The average molecular weight is 545 g/mol. The molecule has 11 heteroatoms. The summed E-state index contributed by atoms with van der Waals surface area (Å²) in [5.74, 6) is -0.129. The fourth-order valence-electron chi connectivity index (χ4n) is 3.80. The zero-order valence-electron chi connectivity index (χ0n) is 22.1. The maximum Gasteiger partial charge on any atom is 0.424 e. The normalized spacial score (nSPS) is 15.4. The fourth-order valence-corrected chi connectivity index (χ4v) is 3.80. The van der Waals surface area contributed by atoms with Crippen molar-refractivity contribution in [3.63, 3.8) is 0 Å². The second-order valence-corrected chi connectivity index (χ2v) is 10.3. The van der Waals surface area contributed by atoms with E-state index in [1.807, 2.05) is 0 Å². The number of nitrogens with one attached hydrogen (secondary N) is 1. The second-order valence-electron chi connectivity index (χ2n) is 10.3. The first kappa shape index (κ1) is 28.3. The molecule has 39 heavy (non-hydrogen) atoms. The molecule has 1 aliphatic rings. The number of hydrogen-bond donors (Lipinski definition) is 3. The van der Waals surface area contributed by atoms with Gasteiger partial charge < -0.3 is 25.6 Å². The summed E-state index contributed by atoms with van der Waals surface area (Å²) in [5.41, 5.74) is 2.61. The number of aryl methyl sites for hydroxylation is 1. The van der Waals surface area contributed by atoms with Crippen molar-refractivity contribution in [3.05, 3.63) is 71.2 Å². The first-order valence-electron chi connectivity index (χ1n) is 12.4. The number of alkyl halides is 3. The molecule has 0 aliphatic heterocycles. The van der Waals surface area contributed by atoms with Gasteiger partial charge in [0.05, 0.1) is 31.1 Å². The van der Waals surface area contributed by atoms with Crippen molar-refractivity contribution in [2.75, 3.05) is 13.7 Å². The molecule has 0 bridgehead atoms. The number of hydrogen-bond acceptors (Lipinski definition) is 7. The largest absolute Gasteiger partial charge is 0.493 e. The van der Waals surface area contributed by atoms with Crippen molar-refractivity contribution in [2.24, 2.45) is 5.73 Å². The zero-order chi connectivity index (χ0) is 28.6. The number of benzene rings is 1. The lowest BCUT2D eigenvalue weighted by atomic mass is 9.89. The third-order valence-electron chi connectivity index (χ3n) is 6.42. The quantitative estimate of drug-likeness (QED) is 0.366. The number of rotatable bonds is 9. The SMILES string of the molecule is COc1cc(C(=O)NCC(O)(c2cc(C(C)(C)N)cc(-c3ccc(C)nc3)n2)C(F)(F)F)ccc1OC1CC1. The van der Waals surface area contributed by atoms with Crippen LogP contribution in [-0.2, 0) is 11.1 Å². The van der Waals surface area contributed by atoms with Gasteiger partial charge in [0.15, 0.2) is 11.5 Å². The van der Waals surface area contributed by atoms with Crippen molar-refractivity contribution in [1.82, 2.24) is 15.3 Å². The van der Waals surface area contributed by atoms with Gasteiger partial charge in [-0.1, -0.05) is 0 Å². The van der Waals surface area contributed by atoms with E-state index in [4.69, 9.17) is 15.2 Å². The van der Waals surface area contributed by atoms with Crippen LogP contribution in [0.25, 0.3) is 11.3 Å². The summed E-state index contributed by atoms with van der Waals surface area (Å²) >= 11 is 0. The summed E-state index contributed by atoms with van der Waals surface area (Å²) in [6, 6.07) is 10.3. The van der Waals surface area contributed by atoms with Gasteiger partial charge in [-0.25, -0.2) is 4.98 Å². The number of ether oxygens (including phenoxy) is 2. The number of amides is 1. The highest BCUT2D eigenvalue weighted by atomic mass is 19.4. The molecule has 2 heterocycles. The Bertz CT molecular complexity index is 1350. The zero-order valence-corrected chi connectivity index (χ0v) is 22.1. The Balaban J connectivity index is 1.67. The van der Waals surface area contributed by atoms with Gasteiger partial charge in [0.1, 0.15) is 0 Å². The van der Waals surface area contributed by atoms with Crippen molar-refractivity contribution >= 4 is 5.91 Å². The van der Waals surface area contributed by atoms with Crippen LogP contribution in [0.5, 0.6) is 11.5 Å². The number of aliphatic hydroxyl groups is 1. The number of methoxy groups -OCH3 is 1. The van der Waals surface area contributed by atoms with E-state index < -0.39 is 35.5 Å². The molecule has 1 aliphatic carbocycles. The molecule has 1 saturated carbocycles. The standard InChI is InChI=1S/C28H31F3N4O4/c1-16-5-6-18(14-33-16)21-12-19(26(2,3)32)13-24(35-21)27(37,28(29,30)31)15-34-25(36)17-7-10-22(23(11-17)38-4)39-20-8-9-20/h5-7,10-14,20,37H,8-9,15,32H2,1-4H3,(H,34,36). The van der Waals surface area contributed by atoms with E-state index in [-0.39, 0.29) is 23.1 Å². The summed E-state index contributed by atoms with van der Waals surface area (Å²) in [7, 11) is 1.40. The van der Waals surface area contributed by atoms with Crippen LogP contribution in [0.2, 0.25) is 0 Å². The molecule has 4 rings (SSSR count). The summed E-state index contributed by atoms with van der Waals surface area (Å²) in [6.45, 7) is 3.84. The van der Waals surface area contributed by atoms with E-state index in [9.17, 15) is 23.1 Å². The van der Waals surface area contributed by atoms with Crippen LogP contribution in [0.4, 0.5) is 13.2 Å². The molecule has 1 amide bonds. The highest BCUT2D eigenvalue weighted by Gasteiger charge is 2.56. The fraction of sp³-hybridized carbons (Fsp3) is 0.393. The van der Waals surface area contributed by atoms with E-state index in [1.165, 1.54) is 31.5 Å². The number of carbonyl (C=O) groups is 1. The van der Waals surface area contributed by atoms with E-state index in [2.05, 4.69) is 15.3 Å². The summed E-state index contributed by atoms with van der Waals surface area (Å²) in [6.07, 6.45) is -1.79. The molecule has 3 aromatic rings. The molecule has 1 atom stereocenters. The smallest absolute Gasteiger partial charge is 0.424 e. The summed E-state index contributed by atoms with van der Waals surface area (Å²) < 4.78 is 54.3. The van der Waals surface area contributed by atoms with Gasteiger partial charge in [0, 0.05) is 28.6 Å². The maximum atomic E-state index is 14.4. The first-order valence-corrected chi connectivity index (χ1v) is 12.4. The predicted octanol–water partition coefficient (Wildman–Crippen LogP) is 4.38. The molecule has 2 aromatic heterocycles. The minimum atomic E-state index is -5.19.